The molecule has 0 aliphatic heterocycles. The maximum absolute atomic E-state index is 13.3. The van der Waals surface area contributed by atoms with Crippen molar-refractivity contribution in [2.75, 3.05) is 19.4 Å². The minimum Gasteiger partial charge on any atom is -0.437 e. The van der Waals surface area contributed by atoms with Gasteiger partial charge in [-0.05, 0) is 63.2 Å². The van der Waals surface area contributed by atoms with Crippen LogP contribution in [0.1, 0.15) is 48.2 Å². The first-order chi connectivity index (χ1) is 18.9. The first-order valence-electron chi connectivity index (χ1n) is 13.4. The number of aromatic nitrogens is 2. The Kier molecular flexibility index (Phi) is 10.6. The fourth-order valence-corrected chi connectivity index (χ4v) is 4.35. The van der Waals surface area contributed by atoms with E-state index in [0.717, 1.165) is 17.5 Å². The molecule has 0 saturated carbocycles. The molecule has 11 heteroatoms. The molecule has 1 heterocycles. The molecule has 3 rings (SSSR count). The Labute approximate surface area is 236 Å². The Balaban J connectivity index is 1.68. The third-order valence-electron chi connectivity index (χ3n) is 6.39. The van der Waals surface area contributed by atoms with Crippen LogP contribution in [0.5, 0.6) is 0 Å². The van der Waals surface area contributed by atoms with Gasteiger partial charge in [0.05, 0.1) is 11.9 Å². The summed E-state index contributed by atoms with van der Waals surface area (Å²) in [7, 11) is 2.53. The molecule has 0 aliphatic rings. The number of carbonyl (C=O) groups excluding carboxylic acids is 3. The monoisotopic (exact) mass is 546 g/mol. The number of benzene rings is 2. The summed E-state index contributed by atoms with van der Waals surface area (Å²) in [5.74, 6) is -0.495. The molecule has 3 aromatic rings. The normalized spacial score (nSPS) is 11.9. The maximum Gasteiger partial charge on any atom is 0.374 e. The van der Waals surface area contributed by atoms with Gasteiger partial charge in [0.15, 0.2) is 5.82 Å². The lowest BCUT2D eigenvalue weighted by atomic mass is 9.83. The number of imidazole rings is 1. The average molecular weight is 546 g/mol. The van der Waals surface area contributed by atoms with Crippen molar-refractivity contribution in [1.82, 2.24) is 25.0 Å². The number of nitrogens with zero attached hydrogens (tertiary/aromatic N) is 3. The van der Waals surface area contributed by atoms with Crippen molar-refractivity contribution in [3.05, 3.63) is 83.8 Å². The highest BCUT2D eigenvalue weighted by molar-refractivity contribution is 6.46. The van der Waals surface area contributed by atoms with Crippen molar-refractivity contribution in [2.24, 2.45) is 0 Å². The highest BCUT2D eigenvalue weighted by Gasteiger charge is 2.33. The molecule has 10 nitrogen and oxygen atoms in total. The Morgan fingerprint density at radius 1 is 1.07 bits per heavy atom. The van der Waals surface area contributed by atoms with Gasteiger partial charge in [-0.25, -0.2) is 4.98 Å². The number of amides is 3. The molecule has 2 aromatic carbocycles. The van der Waals surface area contributed by atoms with E-state index in [1.165, 1.54) is 11.7 Å². The summed E-state index contributed by atoms with van der Waals surface area (Å²) in [6.45, 7) is 5.30. The van der Waals surface area contributed by atoms with Crippen LogP contribution >= 0.6 is 0 Å². The summed E-state index contributed by atoms with van der Waals surface area (Å²) in [4.78, 5) is 44.5. The van der Waals surface area contributed by atoms with Gasteiger partial charge in [0.2, 0.25) is 11.8 Å². The third kappa shape index (κ3) is 9.06. The van der Waals surface area contributed by atoms with E-state index < -0.39 is 24.5 Å². The summed E-state index contributed by atoms with van der Waals surface area (Å²) in [6.07, 6.45) is 5.18. The quantitative estimate of drug-likeness (QED) is 0.244. The van der Waals surface area contributed by atoms with Crippen molar-refractivity contribution >= 4 is 30.6 Å². The second kappa shape index (κ2) is 13.9. The molecule has 0 fully saturated rings. The van der Waals surface area contributed by atoms with E-state index in [2.05, 4.69) is 20.8 Å². The van der Waals surface area contributed by atoms with Gasteiger partial charge in [0.25, 0.3) is 5.91 Å². The predicted octanol–water partition coefficient (Wildman–Crippen LogP) is 2.56. The molecule has 1 unspecified atom stereocenters. The standard InChI is InChI=1S/C29H39BN6O4/c1-29(2,34-30(3)40)28(39)32-24(16-10-13-21-11-7-6-8-12-21)26(37)33-25-19-36(20-31-25)18-22-14-9-15-23(17-22)27(38)35(4)5/h6-9,11-12,14-15,17,19-20,24,34,40H,10,13,16,18H2,1-5H3,(H,32,39)(H,33,37). The first-order valence-corrected chi connectivity index (χ1v) is 13.4. The van der Waals surface area contributed by atoms with Gasteiger partial charge in [-0.1, -0.05) is 42.5 Å². The van der Waals surface area contributed by atoms with E-state index in [1.54, 1.807) is 46.5 Å². The van der Waals surface area contributed by atoms with Crippen molar-refractivity contribution in [3.63, 3.8) is 0 Å². The number of anilines is 1. The maximum atomic E-state index is 13.3. The van der Waals surface area contributed by atoms with Crippen LogP contribution < -0.4 is 15.9 Å². The van der Waals surface area contributed by atoms with Crippen molar-refractivity contribution < 1.29 is 19.4 Å². The molecule has 3 amide bonds. The van der Waals surface area contributed by atoms with Crippen LogP contribution in [0.3, 0.4) is 0 Å². The van der Waals surface area contributed by atoms with E-state index in [4.69, 9.17) is 0 Å². The number of aryl methyl sites for hydroxylation is 1. The Hall–Kier alpha value is -3.96. The Morgan fingerprint density at radius 2 is 1.77 bits per heavy atom. The lowest BCUT2D eigenvalue weighted by Crippen LogP contribution is -2.60. The molecule has 1 atom stereocenters. The predicted molar refractivity (Wildman–Crippen MR) is 157 cm³/mol. The van der Waals surface area contributed by atoms with Gasteiger partial charge in [0, 0.05) is 32.4 Å². The Bertz CT molecular complexity index is 1290. The van der Waals surface area contributed by atoms with Crippen LogP contribution in [-0.2, 0) is 22.6 Å². The fraction of sp³-hybridized carbons (Fsp3) is 0.379. The molecular formula is C29H39BN6O4. The zero-order valence-corrected chi connectivity index (χ0v) is 23.8. The summed E-state index contributed by atoms with van der Waals surface area (Å²) < 4.78 is 1.81. The van der Waals surface area contributed by atoms with Gasteiger partial charge >= 0.3 is 7.05 Å². The second-order valence-electron chi connectivity index (χ2n) is 10.7. The van der Waals surface area contributed by atoms with E-state index in [0.29, 0.717) is 30.8 Å². The second-order valence-corrected chi connectivity index (χ2v) is 10.7. The van der Waals surface area contributed by atoms with Crippen LogP contribution in [0, 0.1) is 0 Å². The molecule has 0 radical (unpaired) electrons. The molecule has 1 aromatic heterocycles. The van der Waals surface area contributed by atoms with Crippen LogP contribution in [0.4, 0.5) is 5.82 Å². The lowest BCUT2D eigenvalue weighted by Gasteiger charge is -2.28. The molecule has 4 N–H and O–H groups in total. The van der Waals surface area contributed by atoms with Gasteiger partial charge in [0.1, 0.15) is 6.04 Å². The molecule has 212 valence electrons. The number of hydrogen-bond donors (Lipinski definition) is 4. The first kappa shape index (κ1) is 30.6. The smallest absolute Gasteiger partial charge is 0.374 e. The summed E-state index contributed by atoms with van der Waals surface area (Å²) in [6, 6.07) is 16.5. The Morgan fingerprint density at radius 3 is 2.45 bits per heavy atom. The molecule has 0 bridgehead atoms. The number of carbonyl (C=O) groups is 3. The summed E-state index contributed by atoms with van der Waals surface area (Å²) in [5.41, 5.74) is 1.58. The minimum atomic E-state index is -1.09. The van der Waals surface area contributed by atoms with E-state index in [1.807, 2.05) is 53.1 Å². The molecule has 0 saturated heterocycles. The van der Waals surface area contributed by atoms with Gasteiger partial charge in [-0.3, -0.25) is 14.4 Å². The van der Waals surface area contributed by atoms with Crippen LogP contribution in [0.15, 0.2) is 67.1 Å². The molecular weight excluding hydrogens is 507 g/mol. The number of hydrogen-bond acceptors (Lipinski definition) is 6. The molecule has 0 spiro atoms. The zero-order valence-electron chi connectivity index (χ0n) is 23.8. The van der Waals surface area contributed by atoms with Gasteiger partial charge in [-0.15, -0.1) is 0 Å². The van der Waals surface area contributed by atoms with Crippen LogP contribution in [-0.4, -0.2) is 69.9 Å². The number of rotatable bonds is 13. The van der Waals surface area contributed by atoms with Crippen molar-refractivity contribution in [2.45, 2.75) is 58.1 Å². The topological polar surface area (TPSA) is 129 Å². The third-order valence-corrected chi connectivity index (χ3v) is 6.39. The minimum absolute atomic E-state index is 0.0763. The lowest BCUT2D eigenvalue weighted by molar-refractivity contribution is -0.130. The van der Waals surface area contributed by atoms with Gasteiger partial charge in [-0.2, -0.15) is 0 Å². The van der Waals surface area contributed by atoms with Crippen molar-refractivity contribution in [1.29, 1.82) is 0 Å². The van der Waals surface area contributed by atoms with Crippen LogP contribution in [0.2, 0.25) is 6.82 Å². The van der Waals surface area contributed by atoms with Crippen molar-refractivity contribution in [3.8, 4) is 0 Å². The largest absolute Gasteiger partial charge is 0.437 e. The highest BCUT2D eigenvalue weighted by atomic mass is 16.2. The van der Waals surface area contributed by atoms with Crippen LogP contribution in [0.25, 0.3) is 0 Å². The fourth-order valence-electron chi connectivity index (χ4n) is 4.35. The summed E-state index contributed by atoms with van der Waals surface area (Å²) >= 11 is 0. The van der Waals surface area contributed by atoms with E-state index >= 15 is 0 Å². The van der Waals surface area contributed by atoms with E-state index in [9.17, 15) is 19.4 Å². The van der Waals surface area contributed by atoms with Gasteiger partial charge < -0.3 is 30.4 Å². The number of nitrogens with one attached hydrogen (secondary N) is 3. The molecule has 0 aliphatic carbocycles. The zero-order chi connectivity index (χ0) is 29.3. The average Bonchev–Trinajstić information content (AvgIpc) is 3.33. The SMILES string of the molecule is CB(O)NC(C)(C)C(=O)NC(CCCc1ccccc1)C(=O)Nc1cn(Cc2cccc(C(=O)N(C)C)c2)cn1. The molecule has 40 heavy (non-hydrogen) atoms. The summed E-state index contributed by atoms with van der Waals surface area (Å²) in [5, 5.41) is 18.2. The van der Waals surface area contributed by atoms with E-state index in [-0.39, 0.29) is 11.8 Å². The highest BCUT2D eigenvalue weighted by Crippen LogP contribution is 2.14.